The van der Waals surface area contributed by atoms with Crippen LogP contribution in [0, 0.1) is 10.1 Å². The second-order valence-electron chi connectivity index (χ2n) is 4.42. The predicted molar refractivity (Wildman–Crippen MR) is 87.0 cm³/mol. The van der Waals surface area contributed by atoms with Crippen LogP contribution in [0.2, 0.25) is 10.0 Å². The molecular weight excluding hydrogens is 329 g/mol. The molecule has 0 aliphatic rings. The molecule has 0 radical (unpaired) electrons. The Hall–Kier alpha value is -2.31. The number of amides is 2. The van der Waals surface area contributed by atoms with Crippen molar-refractivity contribution in [3.8, 4) is 0 Å². The number of halogens is 2. The summed E-state index contributed by atoms with van der Waals surface area (Å²) < 4.78 is 0. The van der Waals surface area contributed by atoms with Gasteiger partial charge >= 0.3 is 6.03 Å². The normalized spacial score (nSPS) is 10.1. The van der Waals surface area contributed by atoms with Crippen molar-refractivity contribution >= 4 is 46.3 Å². The summed E-state index contributed by atoms with van der Waals surface area (Å²) >= 11 is 11.8. The largest absolute Gasteiger partial charge is 0.326 e. The molecule has 0 aliphatic heterocycles. The van der Waals surface area contributed by atoms with Gasteiger partial charge in [-0.05, 0) is 30.3 Å². The Balaban J connectivity index is 2.12. The van der Waals surface area contributed by atoms with Crippen molar-refractivity contribution in [1.29, 1.82) is 0 Å². The minimum absolute atomic E-state index is 0.0482. The number of nitro benzene ring substituents is 1. The highest BCUT2D eigenvalue weighted by atomic mass is 35.5. The van der Waals surface area contributed by atoms with Crippen molar-refractivity contribution < 1.29 is 9.72 Å². The highest BCUT2D eigenvalue weighted by Crippen LogP contribution is 2.25. The third-order valence-corrected chi connectivity index (χ3v) is 3.31. The smallest absolute Gasteiger partial charge is 0.308 e. The highest BCUT2D eigenvalue weighted by molar-refractivity contribution is 6.35. The lowest BCUT2D eigenvalue weighted by atomic mass is 10.3. The van der Waals surface area contributed by atoms with Gasteiger partial charge in [0, 0.05) is 40.6 Å². The van der Waals surface area contributed by atoms with Crippen molar-refractivity contribution in [3.05, 3.63) is 62.6 Å². The Morgan fingerprint density at radius 2 is 1.68 bits per heavy atom. The van der Waals surface area contributed by atoms with Crippen molar-refractivity contribution in [1.82, 2.24) is 0 Å². The first-order valence-electron chi connectivity index (χ1n) is 6.12. The molecule has 0 spiro atoms. The summed E-state index contributed by atoms with van der Waals surface area (Å²) in [6.07, 6.45) is 0. The Morgan fingerprint density at radius 3 is 2.18 bits per heavy atom. The maximum absolute atomic E-state index is 12.1. The number of non-ortho nitro benzene ring substituents is 1. The number of nitrogens with zero attached hydrogens (tertiary/aromatic N) is 2. The zero-order valence-corrected chi connectivity index (χ0v) is 12.9. The molecule has 0 heterocycles. The van der Waals surface area contributed by atoms with Crippen LogP contribution in [0.3, 0.4) is 0 Å². The van der Waals surface area contributed by atoms with Gasteiger partial charge in [0.1, 0.15) is 0 Å². The van der Waals surface area contributed by atoms with Gasteiger partial charge in [-0.25, -0.2) is 4.79 Å². The number of hydrogen-bond donors (Lipinski definition) is 1. The van der Waals surface area contributed by atoms with Crippen molar-refractivity contribution in [2.75, 3.05) is 17.3 Å². The third kappa shape index (κ3) is 3.87. The number of nitrogens with one attached hydrogen (secondary N) is 1. The van der Waals surface area contributed by atoms with E-state index in [2.05, 4.69) is 5.32 Å². The fourth-order valence-electron chi connectivity index (χ4n) is 1.72. The van der Waals surface area contributed by atoms with Crippen LogP contribution in [0.5, 0.6) is 0 Å². The first kappa shape index (κ1) is 16.1. The second-order valence-corrected chi connectivity index (χ2v) is 5.29. The average molecular weight is 340 g/mol. The van der Waals surface area contributed by atoms with Crippen LogP contribution in [0.15, 0.2) is 42.5 Å². The van der Waals surface area contributed by atoms with E-state index in [-0.39, 0.29) is 5.69 Å². The van der Waals surface area contributed by atoms with Crippen LogP contribution in [0.4, 0.5) is 21.9 Å². The van der Waals surface area contributed by atoms with E-state index in [4.69, 9.17) is 23.2 Å². The van der Waals surface area contributed by atoms with E-state index in [0.717, 1.165) is 0 Å². The molecule has 22 heavy (non-hydrogen) atoms. The van der Waals surface area contributed by atoms with Gasteiger partial charge in [0.15, 0.2) is 0 Å². The number of hydrogen-bond acceptors (Lipinski definition) is 3. The number of carbonyl (C=O) groups excluding carboxylic acids is 1. The van der Waals surface area contributed by atoms with E-state index >= 15 is 0 Å². The van der Waals surface area contributed by atoms with E-state index in [1.165, 1.54) is 29.2 Å². The Morgan fingerprint density at radius 1 is 1.14 bits per heavy atom. The zero-order valence-electron chi connectivity index (χ0n) is 11.4. The van der Waals surface area contributed by atoms with Crippen LogP contribution < -0.4 is 10.2 Å². The summed E-state index contributed by atoms with van der Waals surface area (Å²) in [4.78, 5) is 23.5. The summed E-state index contributed by atoms with van der Waals surface area (Å²) in [5.74, 6) is 0. The summed E-state index contributed by atoms with van der Waals surface area (Å²) in [6, 6.07) is 9.87. The van der Waals surface area contributed by atoms with E-state index in [0.29, 0.717) is 21.4 Å². The summed E-state index contributed by atoms with van der Waals surface area (Å²) in [5.41, 5.74) is 0.917. The summed E-state index contributed by atoms with van der Waals surface area (Å²) in [7, 11) is 1.56. The fourth-order valence-corrected chi connectivity index (χ4v) is 2.24. The van der Waals surface area contributed by atoms with Gasteiger partial charge in [-0.1, -0.05) is 23.2 Å². The molecule has 0 saturated carbocycles. The third-order valence-electron chi connectivity index (χ3n) is 2.87. The average Bonchev–Trinajstić information content (AvgIpc) is 2.46. The fraction of sp³-hybridized carbons (Fsp3) is 0.0714. The number of benzene rings is 2. The second kappa shape index (κ2) is 6.64. The Labute approximate surface area is 136 Å². The predicted octanol–water partition coefficient (Wildman–Crippen LogP) is 4.57. The Kier molecular flexibility index (Phi) is 4.85. The van der Waals surface area contributed by atoms with Gasteiger partial charge < -0.3 is 5.32 Å². The van der Waals surface area contributed by atoms with Crippen LogP contribution >= 0.6 is 23.2 Å². The molecule has 0 atom stereocenters. The molecule has 0 aromatic heterocycles. The van der Waals surface area contributed by atoms with Crippen LogP contribution in [0.25, 0.3) is 0 Å². The molecule has 0 bridgehead atoms. The quantitative estimate of drug-likeness (QED) is 0.657. The topological polar surface area (TPSA) is 75.5 Å². The number of nitro groups is 1. The van der Waals surface area contributed by atoms with Gasteiger partial charge in [-0.2, -0.15) is 0 Å². The highest BCUT2D eigenvalue weighted by Gasteiger charge is 2.13. The lowest BCUT2D eigenvalue weighted by Gasteiger charge is -2.18. The first-order valence-corrected chi connectivity index (χ1v) is 6.87. The van der Waals surface area contributed by atoms with Crippen molar-refractivity contribution in [2.45, 2.75) is 0 Å². The van der Waals surface area contributed by atoms with Gasteiger partial charge in [0.25, 0.3) is 5.69 Å². The van der Waals surface area contributed by atoms with Crippen LogP contribution in [0.1, 0.15) is 0 Å². The van der Waals surface area contributed by atoms with E-state index in [9.17, 15) is 14.9 Å². The van der Waals surface area contributed by atoms with Crippen LogP contribution in [-0.2, 0) is 0 Å². The number of rotatable bonds is 3. The maximum Gasteiger partial charge on any atom is 0.326 e. The minimum atomic E-state index is -0.508. The van der Waals surface area contributed by atoms with Gasteiger partial charge in [-0.3, -0.25) is 15.0 Å². The van der Waals surface area contributed by atoms with Crippen molar-refractivity contribution in [2.24, 2.45) is 0 Å². The monoisotopic (exact) mass is 339 g/mol. The lowest BCUT2D eigenvalue weighted by Crippen LogP contribution is -2.31. The summed E-state index contributed by atoms with van der Waals surface area (Å²) in [6.45, 7) is 0. The summed E-state index contributed by atoms with van der Waals surface area (Å²) in [5, 5.41) is 14.0. The van der Waals surface area contributed by atoms with Gasteiger partial charge in [0.2, 0.25) is 0 Å². The van der Waals surface area contributed by atoms with E-state index in [1.54, 1.807) is 25.2 Å². The SMILES string of the molecule is CN(C(=O)Nc1ccc([N+](=O)[O-])cc1)c1cc(Cl)cc(Cl)c1. The minimum Gasteiger partial charge on any atom is -0.308 e. The maximum atomic E-state index is 12.1. The molecular formula is C14H11Cl2N3O3. The molecule has 114 valence electrons. The molecule has 0 fully saturated rings. The Bertz CT molecular complexity index is 700. The molecule has 2 aromatic carbocycles. The molecule has 0 aliphatic carbocycles. The molecule has 2 aromatic rings. The number of carbonyl (C=O) groups is 1. The van der Waals surface area contributed by atoms with Crippen molar-refractivity contribution in [3.63, 3.8) is 0 Å². The molecule has 2 amide bonds. The molecule has 0 unspecified atom stereocenters. The lowest BCUT2D eigenvalue weighted by molar-refractivity contribution is -0.384. The molecule has 8 heteroatoms. The number of urea groups is 1. The standard InChI is InChI=1S/C14H11Cl2N3O3/c1-18(13-7-9(15)6-10(16)8-13)14(20)17-11-2-4-12(5-3-11)19(21)22/h2-8H,1H3,(H,17,20). The molecule has 0 saturated heterocycles. The van der Waals surface area contributed by atoms with Gasteiger partial charge in [-0.15, -0.1) is 0 Å². The molecule has 6 nitrogen and oxygen atoms in total. The van der Waals surface area contributed by atoms with Gasteiger partial charge in [0.05, 0.1) is 4.92 Å². The van der Waals surface area contributed by atoms with E-state index in [1.807, 2.05) is 0 Å². The molecule has 1 N–H and O–H groups in total. The first-order chi connectivity index (χ1) is 10.4. The zero-order chi connectivity index (χ0) is 16.3. The van der Waals surface area contributed by atoms with Crippen LogP contribution in [-0.4, -0.2) is 18.0 Å². The van der Waals surface area contributed by atoms with E-state index < -0.39 is 11.0 Å². The molecule has 2 rings (SSSR count). The number of anilines is 2.